The molecule has 0 N–H and O–H groups in total. The minimum Gasteiger partial charge on any atom is -0.331 e. The SMILES string of the molecule is O=C1CCC(=O)N1CCCN1[Si](c2ccccc2)(c2ccccc2)CC[Si]1(c1ccccc1)c1ccccc1. The van der Waals surface area contributed by atoms with Crippen LogP contribution in [0, 0.1) is 0 Å². The molecular weight excluding hydrogens is 513 g/mol. The van der Waals surface area contributed by atoms with Gasteiger partial charge in [-0.25, -0.2) is 0 Å². The summed E-state index contributed by atoms with van der Waals surface area (Å²) in [6, 6.07) is 46.8. The molecule has 0 unspecified atom stereocenters. The molecule has 4 aromatic rings. The summed E-state index contributed by atoms with van der Waals surface area (Å²) in [5.74, 6) is -0.0450. The summed E-state index contributed by atoms with van der Waals surface area (Å²) in [6.45, 7) is 1.35. The van der Waals surface area contributed by atoms with Crippen LogP contribution in [-0.4, -0.2) is 50.5 Å². The van der Waals surface area contributed by atoms with Crippen molar-refractivity contribution in [1.29, 1.82) is 0 Å². The summed E-state index contributed by atoms with van der Waals surface area (Å²) in [5, 5.41) is 5.74. The van der Waals surface area contributed by atoms with Gasteiger partial charge in [-0.2, -0.15) is 0 Å². The van der Waals surface area contributed by atoms with Crippen molar-refractivity contribution in [3.63, 3.8) is 0 Å². The Morgan fingerprint density at radius 1 is 0.487 bits per heavy atom. The number of nitrogens with zero attached hydrogens (tertiary/aromatic N) is 2. The number of carbonyl (C=O) groups is 2. The quantitative estimate of drug-likeness (QED) is 0.251. The van der Waals surface area contributed by atoms with Gasteiger partial charge >= 0.3 is 0 Å². The molecule has 2 aliphatic rings. The number of rotatable bonds is 8. The van der Waals surface area contributed by atoms with E-state index in [-0.39, 0.29) is 11.8 Å². The average Bonchev–Trinajstić information content (AvgIpc) is 3.52. The number of hydrogen-bond acceptors (Lipinski definition) is 3. The summed E-state index contributed by atoms with van der Waals surface area (Å²) >= 11 is 0. The van der Waals surface area contributed by atoms with Crippen LogP contribution in [0.2, 0.25) is 12.1 Å². The molecule has 4 nitrogen and oxygen atoms in total. The fourth-order valence-corrected chi connectivity index (χ4v) is 22.4. The lowest BCUT2D eigenvalue weighted by Gasteiger charge is -2.47. The Morgan fingerprint density at radius 3 is 1.15 bits per heavy atom. The Balaban J connectivity index is 1.54. The van der Waals surface area contributed by atoms with Crippen LogP contribution in [0.25, 0.3) is 0 Å². The van der Waals surface area contributed by atoms with Crippen LogP contribution in [0.1, 0.15) is 19.3 Å². The molecule has 0 radical (unpaired) electrons. The molecule has 39 heavy (non-hydrogen) atoms. The van der Waals surface area contributed by atoms with Crippen LogP contribution >= 0.6 is 0 Å². The largest absolute Gasteiger partial charge is 0.331 e. The maximum atomic E-state index is 12.5. The van der Waals surface area contributed by atoms with E-state index in [0.717, 1.165) is 25.1 Å². The molecule has 0 aliphatic carbocycles. The molecule has 2 aliphatic heterocycles. The smallest absolute Gasteiger partial charge is 0.229 e. The first kappa shape index (κ1) is 25.7. The van der Waals surface area contributed by atoms with E-state index in [1.165, 1.54) is 25.6 Å². The molecule has 0 saturated carbocycles. The monoisotopic (exact) mass is 546 g/mol. The summed E-state index contributed by atoms with van der Waals surface area (Å²) in [7, 11) is -4.84. The van der Waals surface area contributed by atoms with Gasteiger partial charge in [-0.3, -0.25) is 14.5 Å². The number of benzene rings is 4. The van der Waals surface area contributed by atoms with E-state index in [4.69, 9.17) is 0 Å². The Hall–Kier alpha value is -3.59. The topological polar surface area (TPSA) is 40.6 Å². The highest BCUT2D eigenvalue weighted by molar-refractivity contribution is 7.17. The molecule has 0 atom stereocenters. The molecular formula is C33H34N2O2Si2. The van der Waals surface area contributed by atoms with Crippen molar-refractivity contribution in [1.82, 2.24) is 9.13 Å². The van der Waals surface area contributed by atoms with Crippen molar-refractivity contribution < 1.29 is 9.59 Å². The molecule has 2 heterocycles. The van der Waals surface area contributed by atoms with Crippen molar-refractivity contribution in [2.24, 2.45) is 0 Å². The molecule has 0 aromatic heterocycles. The van der Waals surface area contributed by atoms with Crippen LogP contribution in [-0.2, 0) is 9.59 Å². The second kappa shape index (κ2) is 10.9. The fourth-order valence-electron chi connectivity index (χ4n) is 6.99. The van der Waals surface area contributed by atoms with Crippen molar-refractivity contribution >= 4 is 49.0 Å². The Kier molecular flexibility index (Phi) is 7.17. The standard InChI is InChI=1S/C33H34N2O2Si2/c36-32-22-23-33(37)34(32)24-13-25-35-38(28-14-5-1-6-15-28,29-16-7-2-8-17-29)26-27-39(35,30-18-9-3-10-19-30)31-20-11-4-12-21-31/h1-12,14-21H,13,22-27H2. The lowest BCUT2D eigenvalue weighted by molar-refractivity contribution is -0.138. The number of carbonyl (C=O) groups excluding carboxylic acids is 2. The van der Waals surface area contributed by atoms with Gasteiger partial charge in [-0.1, -0.05) is 121 Å². The number of likely N-dealkylation sites (tertiary alicyclic amines) is 1. The van der Waals surface area contributed by atoms with Crippen LogP contribution < -0.4 is 20.7 Å². The first-order valence-corrected chi connectivity index (χ1v) is 18.3. The van der Waals surface area contributed by atoms with E-state index in [9.17, 15) is 9.59 Å². The zero-order chi connectivity index (χ0) is 26.7. The first-order valence-electron chi connectivity index (χ1n) is 14.0. The first-order chi connectivity index (χ1) is 19.2. The predicted octanol–water partition coefficient (Wildman–Crippen LogP) is 3.36. The van der Waals surface area contributed by atoms with Gasteiger partial charge in [0.25, 0.3) is 0 Å². The Labute approximate surface area is 233 Å². The maximum absolute atomic E-state index is 12.5. The van der Waals surface area contributed by atoms with E-state index in [1.807, 2.05) is 0 Å². The third-order valence-electron chi connectivity index (χ3n) is 8.69. The number of amides is 2. The minimum atomic E-state index is -2.42. The van der Waals surface area contributed by atoms with Crippen LogP contribution in [0.4, 0.5) is 0 Å². The van der Waals surface area contributed by atoms with Crippen LogP contribution in [0.5, 0.6) is 0 Å². The average molecular weight is 547 g/mol. The third kappa shape index (κ3) is 4.42. The van der Waals surface area contributed by atoms with Crippen molar-refractivity contribution in [2.75, 3.05) is 13.1 Å². The van der Waals surface area contributed by atoms with E-state index < -0.39 is 16.5 Å². The second-order valence-electron chi connectivity index (χ2n) is 10.6. The number of imide groups is 1. The lowest BCUT2D eigenvalue weighted by Crippen LogP contribution is -2.78. The zero-order valence-electron chi connectivity index (χ0n) is 22.2. The van der Waals surface area contributed by atoms with Crippen molar-refractivity contribution in [3.8, 4) is 0 Å². The Bertz CT molecular complexity index is 1250. The number of hydrogen-bond donors (Lipinski definition) is 0. The van der Waals surface area contributed by atoms with E-state index in [2.05, 4.69) is 126 Å². The molecule has 4 aromatic carbocycles. The molecule has 196 valence electrons. The predicted molar refractivity (Wildman–Crippen MR) is 163 cm³/mol. The molecule has 6 rings (SSSR count). The molecule has 2 fully saturated rings. The zero-order valence-corrected chi connectivity index (χ0v) is 24.2. The minimum absolute atomic E-state index is 0.0225. The molecule has 0 bridgehead atoms. The lowest BCUT2D eigenvalue weighted by atomic mass is 10.4. The molecule has 0 spiro atoms. The van der Waals surface area contributed by atoms with Gasteiger partial charge in [0, 0.05) is 19.4 Å². The fraction of sp³-hybridized carbons (Fsp3) is 0.212. The van der Waals surface area contributed by atoms with Gasteiger partial charge in [0.05, 0.1) is 0 Å². The van der Waals surface area contributed by atoms with Gasteiger partial charge in [-0.05, 0) is 45.8 Å². The normalized spacial score (nSPS) is 18.5. The van der Waals surface area contributed by atoms with Gasteiger partial charge in [0.15, 0.2) is 16.5 Å². The highest BCUT2D eigenvalue weighted by atomic mass is 28.4. The van der Waals surface area contributed by atoms with Crippen molar-refractivity contribution in [2.45, 2.75) is 31.4 Å². The summed E-state index contributed by atoms with van der Waals surface area (Å²) in [6.07, 6.45) is 1.48. The molecule has 2 saturated heterocycles. The summed E-state index contributed by atoms with van der Waals surface area (Å²) < 4.78 is 2.96. The van der Waals surface area contributed by atoms with Gasteiger partial charge in [0.2, 0.25) is 11.8 Å². The molecule has 2 amide bonds. The maximum Gasteiger partial charge on any atom is 0.229 e. The van der Waals surface area contributed by atoms with Crippen LogP contribution in [0.3, 0.4) is 0 Å². The highest BCUT2D eigenvalue weighted by Gasteiger charge is 2.60. The second-order valence-corrected chi connectivity index (χ2v) is 18.9. The summed E-state index contributed by atoms with van der Waals surface area (Å²) in [4.78, 5) is 26.4. The van der Waals surface area contributed by atoms with Gasteiger partial charge < -0.3 is 4.23 Å². The van der Waals surface area contributed by atoms with Gasteiger partial charge in [0.1, 0.15) is 0 Å². The van der Waals surface area contributed by atoms with Crippen LogP contribution in [0.15, 0.2) is 121 Å². The summed E-state index contributed by atoms with van der Waals surface area (Å²) in [5.41, 5.74) is 0. The highest BCUT2D eigenvalue weighted by Crippen LogP contribution is 2.37. The van der Waals surface area contributed by atoms with E-state index in [1.54, 1.807) is 0 Å². The molecule has 6 heteroatoms. The van der Waals surface area contributed by atoms with E-state index in [0.29, 0.717) is 19.4 Å². The van der Waals surface area contributed by atoms with Gasteiger partial charge in [-0.15, -0.1) is 0 Å². The Morgan fingerprint density at radius 2 is 0.821 bits per heavy atom. The van der Waals surface area contributed by atoms with Crippen molar-refractivity contribution in [3.05, 3.63) is 121 Å². The third-order valence-corrected chi connectivity index (χ3v) is 20.9. The van der Waals surface area contributed by atoms with E-state index >= 15 is 0 Å².